The molecule has 0 aliphatic carbocycles. The molecule has 1 aromatic heterocycles. The van der Waals surface area contributed by atoms with E-state index in [1.165, 1.54) is 11.3 Å². The van der Waals surface area contributed by atoms with Crippen LogP contribution in [0.5, 0.6) is 0 Å². The zero-order valence-electron chi connectivity index (χ0n) is 21.0. The molecule has 4 heteroatoms. The smallest absolute Gasteiger partial charge is 0.223 e. The van der Waals surface area contributed by atoms with Gasteiger partial charge in [-0.25, -0.2) is 0 Å². The van der Waals surface area contributed by atoms with Crippen LogP contribution in [0.1, 0.15) is 53.0 Å². The molecule has 0 atom stereocenters. The van der Waals surface area contributed by atoms with Crippen LogP contribution in [0, 0.1) is 11.3 Å². The Morgan fingerprint density at radius 3 is 2.42 bits per heavy atom. The molecule has 2 aromatic carbocycles. The molecular weight excluding hydrogens is 408 g/mol. The van der Waals surface area contributed by atoms with E-state index in [2.05, 4.69) is 86.9 Å². The van der Waals surface area contributed by atoms with Crippen molar-refractivity contribution in [2.24, 2.45) is 11.3 Å². The largest absolute Gasteiger partial charge is 0.464 e. The molecule has 4 nitrogen and oxygen atoms in total. The molecule has 3 rings (SSSR count). The normalized spacial score (nSPS) is 11.8. The van der Waals surface area contributed by atoms with E-state index in [-0.39, 0.29) is 11.3 Å². The molecule has 0 radical (unpaired) electrons. The first kappa shape index (κ1) is 24.9. The Bertz CT molecular complexity index is 1000. The van der Waals surface area contributed by atoms with Gasteiger partial charge in [-0.3, -0.25) is 4.79 Å². The predicted molar refractivity (Wildman–Crippen MR) is 139 cm³/mol. The third-order valence-electron chi connectivity index (χ3n) is 5.79. The van der Waals surface area contributed by atoms with Crippen LogP contribution in [0.15, 0.2) is 65.3 Å². The highest BCUT2D eigenvalue weighted by molar-refractivity contribution is 5.81. The third kappa shape index (κ3) is 7.96. The van der Waals surface area contributed by atoms with E-state index in [4.69, 9.17) is 4.42 Å². The summed E-state index contributed by atoms with van der Waals surface area (Å²) in [5.41, 5.74) is 3.41. The molecule has 0 N–H and O–H groups in total. The number of fused-ring (bicyclic) bond motifs is 1. The lowest BCUT2D eigenvalue weighted by molar-refractivity contribution is -0.133. The van der Waals surface area contributed by atoms with Gasteiger partial charge in [0.15, 0.2) is 0 Å². The molecule has 1 amide bonds. The summed E-state index contributed by atoms with van der Waals surface area (Å²) < 4.78 is 5.51. The molecule has 0 spiro atoms. The molecule has 0 saturated heterocycles. The molecular formula is C29H40N2O2. The van der Waals surface area contributed by atoms with Crippen molar-refractivity contribution in [2.75, 3.05) is 31.1 Å². The summed E-state index contributed by atoms with van der Waals surface area (Å²) >= 11 is 0. The fraction of sp³-hybridized carbons (Fsp3) is 0.483. The van der Waals surface area contributed by atoms with Crippen LogP contribution in [-0.2, 0) is 11.2 Å². The minimum Gasteiger partial charge on any atom is -0.464 e. The van der Waals surface area contributed by atoms with Crippen LogP contribution in [0.25, 0.3) is 11.0 Å². The Morgan fingerprint density at radius 1 is 0.970 bits per heavy atom. The van der Waals surface area contributed by atoms with E-state index in [0.717, 1.165) is 50.0 Å². The van der Waals surface area contributed by atoms with Gasteiger partial charge in [0.1, 0.15) is 5.58 Å². The molecule has 0 saturated carbocycles. The second-order valence-corrected chi connectivity index (χ2v) is 10.7. The Hall–Kier alpha value is -2.75. The zero-order valence-corrected chi connectivity index (χ0v) is 21.0. The second-order valence-electron chi connectivity index (χ2n) is 10.7. The van der Waals surface area contributed by atoms with Crippen LogP contribution >= 0.6 is 0 Å². The topological polar surface area (TPSA) is 36.7 Å². The van der Waals surface area contributed by atoms with E-state index in [1.54, 1.807) is 6.26 Å². The molecule has 0 aliphatic rings. The first-order valence-corrected chi connectivity index (χ1v) is 12.3. The minimum absolute atomic E-state index is 0.00817. The van der Waals surface area contributed by atoms with Gasteiger partial charge in [0.25, 0.3) is 0 Å². The average molecular weight is 449 g/mol. The number of amides is 1. The molecule has 0 unspecified atom stereocenters. The van der Waals surface area contributed by atoms with E-state index in [0.29, 0.717) is 12.3 Å². The summed E-state index contributed by atoms with van der Waals surface area (Å²) in [6, 6.07) is 18.9. The van der Waals surface area contributed by atoms with E-state index in [9.17, 15) is 4.79 Å². The lowest BCUT2D eigenvalue weighted by Crippen LogP contribution is -2.38. The fourth-order valence-electron chi connectivity index (χ4n) is 4.21. The van der Waals surface area contributed by atoms with Gasteiger partial charge in [-0.15, -0.1) is 0 Å². The number of rotatable bonds is 11. The van der Waals surface area contributed by atoms with Crippen molar-refractivity contribution in [3.05, 3.63) is 66.4 Å². The number of nitrogens with zero attached hydrogens (tertiary/aromatic N) is 2. The second kappa shape index (κ2) is 11.4. The van der Waals surface area contributed by atoms with Crippen molar-refractivity contribution in [3.8, 4) is 0 Å². The van der Waals surface area contributed by atoms with Crippen LogP contribution in [-0.4, -0.2) is 37.0 Å². The summed E-state index contributed by atoms with van der Waals surface area (Å²) in [4.78, 5) is 17.6. The average Bonchev–Trinajstić information content (AvgIpc) is 3.22. The Labute approximate surface area is 199 Å². The first-order chi connectivity index (χ1) is 15.7. The minimum atomic E-state index is -0.00817. The maximum atomic E-state index is 13.1. The number of carbonyl (C=O) groups excluding carboxylic acids is 1. The first-order valence-electron chi connectivity index (χ1n) is 12.3. The lowest BCUT2D eigenvalue weighted by Gasteiger charge is -2.30. The summed E-state index contributed by atoms with van der Waals surface area (Å²) in [5.74, 6) is 0.815. The molecule has 0 bridgehead atoms. The third-order valence-corrected chi connectivity index (χ3v) is 5.79. The molecule has 33 heavy (non-hydrogen) atoms. The maximum Gasteiger partial charge on any atom is 0.223 e. The maximum absolute atomic E-state index is 13.1. The number of furan rings is 1. The highest BCUT2D eigenvalue weighted by Crippen LogP contribution is 2.24. The van der Waals surface area contributed by atoms with Crippen molar-refractivity contribution in [1.29, 1.82) is 0 Å². The highest BCUT2D eigenvalue weighted by atomic mass is 16.3. The van der Waals surface area contributed by atoms with Gasteiger partial charge in [-0.05, 0) is 54.0 Å². The van der Waals surface area contributed by atoms with Gasteiger partial charge in [0, 0.05) is 43.7 Å². The van der Waals surface area contributed by atoms with Crippen molar-refractivity contribution < 1.29 is 9.21 Å². The summed E-state index contributed by atoms with van der Waals surface area (Å²) in [6.45, 7) is 14.4. The predicted octanol–water partition coefficient (Wildman–Crippen LogP) is 6.79. The molecule has 0 aliphatic heterocycles. The summed E-state index contributed by atoms with van der Waals surface area (Å²) in [7, 11) is 0. The Balaban J connectivity index is 1.66. The Morgan fingerprint density at radius 2 is 1.73 bits per heavy atom. The van der Waals surface area contributed by atoms with Crippen molar-refractivity contribution in [2.45, 2.75) is 53.9 Å². The van der Waals surface area contributed by atoms with E-state index < -0.39 is 0 Å². The number of hydrogen-bond acceptors (Lipinski definition) is 3. The highest BCUT2D eigenvalue weighted by Gasteiger charge is 2.21. The number of benzene rings is 2. The molecule has 1 heterocycles. The van der Waals surface area contributed by atoms with E-state index in [1.807, 2.05) is 12.1 Å². The monoisotopic (exact) mass is 448 g/mol. The van der Waals surface area contributed by atoms with Crippen LogP contribution in [0.4, 0.5) is 5.69 Å². The zero-order chi connectivity index (χ0) is 23.8. The van der Waals surface area contributed by atoms with Gasteiger partial charge in [-0.2, -0.15) is 0 Å². The standard InChI is InChI=1S/C29H40N2O2/c1-23(2)22-31(26-12-13-27-25(20-26)15-19-33-27)17-9-16-30(28(32)21-29(3,4)5)18-14-24-10-7-6-8-11-24/h6-8,10-13,15,19-20,23H,9,14,16-18,21-22H2,1-5H3. The Kier molecular flexibility index (Phi) is 8.60. The van der Waals surface area contributed by atoms with Crippen molar-refractivity contribution in [1.82, 2.24) is 4.90 Å². The molecule has 178 valence electrons. The van der Waals surface area contributed by atoms with Gasteiger partial charge >= 0.3 is 0 Å². The summed E-state index contributed by atoms with van der Waals surface area (Å²) in [5, 5.41) is 1.13. The number of anilines is 1. The van der Waals surface area contributed by atoms with Gasteiger partial charge < -0.3 is 14.2 Å². The van der Waals surface area contributed by atoms with Crippen LogP contribution < -0.4 is 4.90 Å². The van der Waals surface area contributed by atoms with Gasteiger partial charge in [-0.1, -0.05) is 65.0 Å². The lowest BCUT2D eigenvalue weighted by atomic mass is 9.91. The quantitative estimate of drug-likeness (QED) is 0.324. The van der Waals surface area contributed by atoms with Crippen molar-refractivity contribution in [3.63, 3.8) is 0 Å². The summed E-state index contributed by atoms with van der Waals surface area (Å²) in [6.07, 6.45) is 4.16. The van der Waals surface area contributed by atoms with Crippen LogP contribution in [0.3, 0.4) is 0 Å². The van der Waals surface area contributed by atoms with Gasteiger partial charge in [0.05, 0.1) is 6.26 Å². The number of carbonyl (C=O) groups is 1. The number of hydrogen-bond donors (Lipinski definition) is 0. The van der Waals surface area contributed by atoms with Crippen LogP contribution in [0.2, 0.25) is 0 Å². The SMILES string of the molecule is CC(C)CN(CCCN(CCc1ccccc1)C(=O)CC(C)(C)C)c1ccc2occc2c1. The van der Waals surface area contributed by atoms with Crippen molar-refractivity contribution >= 4 is 22.6 Å². The van der Waals surface area contributed by atoms with Gasteiger partial charge in [0.2, 0.25) is 5.91 Å². The molecule has 3 aromatic rings. The van der Waals surface area contributed by atoms with E-state index >= 15 is 0 Å². The fourth-order valence-corrected chi connectivity index (χ4v) is 4.21. The molecule has 0 fully saturated rings.